The molecule has 2 aromatic rings. The van der Waals surface area contributed by atoms with E-state index in [0.29, 0.717) is 22.4 Å². The molecule has 0 saturated carbocycles. The molecule has 146 valence electrons. The lowest BCUT2D eigenvalue weighted by Gasteiger charge is -2.08. The number of carbonyl (C=O) groups excluding carboxylic acids is 1. The predicted octanol–water partition coefficient (Wildman–Crippen LogP) is 4.65. The molecule has 0 aliphatic rings. The fraction of sp³-hybridized carbons (Fsp3) is 0.188. The average molecular weight is 424 g/mol. The van der Waals surface area contributed by atoms with E-state index in [1.165, 1.54) is 0 Å². The number of benzene rings is 1. The van der Waals surface area contributed by atoms with E-state index in [1.807, 2.05) is 13.0 Å². The van der Waals surface area contributed by atoms with Crippen molar-refractivity contribution in [2.45, 2.75) is 19.6 Å². The Bertz CT molecular complexity index is 817. The largest absolute Gasteiger partial charge is 0.490 e. The number of aromatic nitrogens is 1. The van der Waals surface area contributed by atoms with Crippen molar-refractivity contribution in [2.75, 3.05) is 5.32 Å². The molecule has 11 heteroatoms. The Balaban J connectivity index is 0.000000445. The van der Waals surface area contributed by atoms with E-state index in [1.54, 1.807) is 30.5 Å². The van der Waals surface area contributed by atoms with Gasteiger partial charge in [0.15, 0.2) is 0 Å². The van der Waals surface area contributed by atoms with E-state index < -0.39 is 12.1 Å². The summed E-state index contributed by atoms with van der Waals surface area (Å²) in [6.07, 6.45) is -3.44. The molecule has 1 aromatic carbocycles. The first-order valence-corrected chi connectivity index (χ1v) is 7.96. The number of anilines is 1. The molecule has 0 atom stereocenters. The van der Waals surface area contributed by atoms with Gasteiger partial charge in [-0.05, 0) is 42.3 Å². The van der Waals surface area contributed by atoms with Crippen LogP contribution in [0.15, 0.2) is 36.5 Å². The minimum absolute atomic E-state index is 0.313. The lowest BCUT2D eigenvalue weighted by atomic mass is 10.2. The Hall–Kier alpha value is -2.52. The first kappa shape index (κ1) is 22.5. The van der Waals surface area contributed by atoms with Gasteiger partial charge >= 0.3 is 18.2 Å². The van der Waals surface area contributed by atoms with Crippen LogP contribution in [0.4, 0.5) is 23.8 Å². The second-order valence-electron chi connectivity index (χ2n) is 5.06. The maximum atomic E-state index is 11.7. The van der Waals surface area contributed by atoms with Gasteiger partial charge in [-0.3, -0.25) is 5.32 Å². The second-order valence-corrected chi connectivity index (χ2v) is 5.91. The zero-order valence-corrected chi connectivity index (χ0v) is 15.3. The van der Waals surface area contributed by atoms with Gasteiger partial charge in [0.1, 0.15) is 5.82 Å². The minimum Gasteiger partial charge on any atom is -0.475 e. The van der Waals surface area contributed by atoms with Crippen LogP contribution < -0.4 is 10.6 Å². The third kappa shape index (κ3) is 8.61. The fourth-order valence-electron chi connectivity index (χ4n) is 1.61. The van der Waals surface area contributed by atoms with Crippen molar-refractivity contribution in [3.63, 3.8) is 0 Å². The molecule has 1 heterocycles. The highest BCUT2D eigenvalue weighted by atomic mass is 35.5. The van der Waals surface area contributed by atoms with Gasteiger partial charge in [0.25, 0.3) is 0 Å². The monoisotopic (exact) mass is 423 g/mol. The van der Waals surface area contributed by atoms with Crippen LogP contribution in [0.5, 0.6) is 0 Å². The maximum Gasteiger partial charge on any atom is 0.490 e. The summed E-state index contributed by atoms with van der Waals surface area (Å²) in [4.78, 5) is 24.7. The highest BCUT2D eigenvalue weighted by Crippen LogP contribution is 2.20. The van der Waals surface area contributed by atoms with Crippen LogP contribution in [0.2, 0.25) is 10.0 Å². The van der Waals surface area contributed by atoms with Gasteiger partial charge in [0, 0.05) is 22.8 Å². The van der Waals surface area contributed by atoms with Gasteiger partial charge in [-0.1, -0.05) is 29.3 Å². The Morgan fingerprint density at radius 3 is 2.33 bits per heavy atom. The van der Waals surface area contributed by atoms with Crippen LogP contribution in [-0.4, -0.2) is 28.3 Å². The molecule has 1 aromatic heterocycles. The summed E-state index contributed by atoms with van der Waals surface area (Å²) in [6.45, 7) is 2.24. The molecule has 2 rings (SSSR count). The van der Waals surface area contributed by atoms with E-state index in [0.717, 1.165) is 11.1 Å². The average Bonchev–Trinajstić information content (AvgIpc) is 2.53. The van der Waals surface area contributed by atoms with Crippen molar-refractivity contribution in [2.24, 2.45) is 0 Å². The Labute approximate surface area is 162 Å². The molecule has 2 amide bonds. The number of aryl methyl sites for hydroxylation is 1. The van der Waals surface area contributed by atoms with Crippen LogP contribution in [0, 0.1) is 6.92 Å². The first-order chi connectivity index (χ1) is 12.5. The molecule has 0 fully saturated rings. The molecule has 6 nitrogen and oxygen atoms in total. The second kappa shape index (κ2) is 9.98. The number of hydrogen-bond acceptors (Lipinski definition) is 3. The number of amides is 2. The summed E-state index contributed by atoms with van der Waals surface area (Å²) in [6, 6.07) is 8.44. The van der Waals surface area contributed by atoms with Crippen molar-refractivity contribution >= 4 is 41.0 Å². The minimum atomic E-state index is -5.08. The zero-order valence-electron chi connectivity index (χ0n) is 13.8. The Kier molecular flexibility index (Phi) is 8.32. The molecule has 0 aliphatic heterocycles. The van der Waals surface area contributed by atoms with Crippen molar-refractivity contribution < 1.29 is 27.9 Å². The van der Waals surface area contributed by atoms with Crippen LogP contribution in [-0.2, 0) is 11.3 Å². The Morgan fingerprint density at radius 1 is 1.19 bits per heavy atom. The number of hydrogen-bond donors (Lipinski definition) is 3. The summed E-state index contributed by atoms with van der Waals surface area (Å²) >= 11 is 11.8. The number of aliphatic carboxylic acids is 1. The van der Waals surface area contributed by atoms with Gasteiger partial charge in [0.2, 0.25) is 0 Å². The van der Waals surface area contributed by atoms with Crippen molar-refractivity contribution in [3.05, 3.63) is 57.7 Å². The number of rotatable bonds is 3. The molecule has 0 spiro atoms. The quantitative estimate of drug-likeness (QED) is 0.669. The number of nitrogens with one attached hydrogen (secondary N) is 2. The van der Waals surface area contributed by atoms with Crippen LogP contribution in [0.1, 0.15) is 11.1 Å². The normalized spacial score (nSPS) is 10.4. The number of halogens is 5. The van der Waals surface area contributed by atoms with E-state index >= 15 is 0 Å². The summed E-state index contributed by atoms with van der Waals surface area (Å²) in [5.74, 6) is -2.25. The van der Waals surface area contributed by atoms with E-state index in [-0.39, 0.29) is 6.03 Å². The van der Waals surface area contributed by atoms with Gasteiger partial charge in [-0.25, -0.2) is 14.6 Å². The number of carbonyl (C=O) groups is 2. The van der Waals surface area contributed by atoms with Gasteiger partial charge in [-0.15, -0.1) is 0 Å². The maximum absolute atomic E-state index is 11.7. The highest BCUT2D eigenvalue weighted by molar-refractivity contribution is 6.35. The number of carboxylic acid groups (broad SMARTS) is 1. The predicted molar refractivity (Wildman–Crippen MR) is 95.0 cm³/mol. The summed E-state index contributed by atoms with van der Waals surface area (Å²) in [5, 5.41) is 13.6. The van der Waals surface area contributed by atoms with E-state index in [9.17, 15) is 18.0 Å². The van der Waals surface area contributed by atoms with Crippen molar-refractivity contribution in [3.8, 4) is 0 Å². The molecule has 0 radical (unpaired) electrons. The number of pyridine rings is 1. The van der Waals surface area contributed by atoms with Gasteiger partial charge < -0.3 is 10.4 Å². The summed E-state index contributed by atoms with van der Waals surface area (Å²) in [7, 11) is 0. The smallest absolute Gasteiger partial charge is 0.475 e. The lowest BCUT2D eigenvalue weighted by Crippen LogP contribution is -2.28. The molecule has 0 bridgehead atoms. The van der Waals surface area contributed by atoms with E-state index in [2.05, 4.69) is 15.6 Å². The fourth-order valence-corrected chi connectivity index (χ4v) is 2.08. The molecular weight excluding hydrogens is 410 g/mol. The van der Waals surface area contributed by atoms with Crippen LogP contribution >= 0.6 is 23.2 Å². The number of alkyl halides is 3. The third-order valence-corrected chi connectivity index (χ3v) is 3.44. The third-order valence-electron chi connectivity index (χ3n) is 2.85. The van der Waals surface area contributed by atoms with E-state index in [4.69, 9.17) is 33.1 Å². The molecule has 0 aliphatic carbocycles. The SMILES string of the molecule is Cc1ccnc(NC(=O)NCc2ccc(Cl)cc2Cl)c1.O=C(O)C(F)(F)F. The molecule has 0 saturated heterocycles. The first-order valence-electron chi connectivity index (χ1n) is 7.20. The van der Waals surface area contributed by atoms with Gasteiger partial charge in [0.05, 0.1) is 0 Å². The zero-order chi connectivity index (χ0) is 20.6. The van der Waals surface area contributed by atoms with Crippen molar-refractivity contribution in [1.29, 1.82) is 0 Å². The lowest BCUT2D eigenvalue weighted by molar-refractivity contribution is -0.192. The van der Waals surface area contributed by atoms with Crippen LogP contribution in [0.25, 0.3) is 0 Å². The molecule has 27 heavy (non-hydrogen) atoms. The molecule has 3 N–H and O–H groups in total. The number of carboxylic acids is 1. The van der Waals surface area contributed by atoms with Crippen molar-refractivity contribution in [1.82, 2.24) is 10.3 Å². The summed E-state index contributed by atoms with van der Waals surface area (Å²) in [5.41, 5.74) is 1.82. The molecular formula is C16H14Cl2F3N3O3. The van der Waals surface area contributed by atoms with Gasteiger partial charge in [-0.2, -0.15) is 13.2 Å². The topological polar surface area (TPSA) is 91.3 Å². The highest BCUT2D eigenvalue weighted by Gasteiger charge is 2.38. The summed E-state index contributed by atoms with van der Waals surface area (Å²) < 4.78 is 31.7. The molecule has 0 unspecified atom stereocenters. The number of urea groups is 1. The number of nitrogens with zero attached hydrogens (tertiary/aromatic N) is 1. The standard InChI is InChI=1S/C14H13Cl2N3O.C2HF3O2/c1-9-4-5-17-13(6-9)19-14(20)18-8-10-2-3-11(15)7-12(10)16;3-2(4,5)1(6)7/h2-7H,8H2,1H3,(H2,17,18,19,20);(H,6,7). The Morgan fingerprint density at radius 2 is 1.81 bits per heavy atom. The van der Waals surface area contributed by atoms with Crippen LogP contribution in [0.3, 0.4) is 0 Å².